The van der Waals surface area contributed by atoms with Gasteiger partial charge in [0.2, 0.25) is 0 Å². The first kappa shape index (κ1) is 20.4. The summed E-state index contributed by atoms with van der Waals surface area (Å²) in [7, 11) is 0. The van der Waals surface area contributed by atoms with E-state index in [0.29, 0.717) is 26.9 Å². The summed E-state index contributed by atoms with van der Waals surface area (Å²) in [6.07, 6.45) is 6.36. The van der Waals surface area contributed by atoms with Crippen LogP contribution in [-0.4, -0.2) is 22.0 Å². The van der Waals surface area contributed by atoms with Gasteiger partial charge in [0.15, 0.2) is 0 Å². The van der Waals surface area contributed by atoms with E-state index in [1.54, 1.807) is 60.9 Å². The largest absolute Gasteiger partial charge is 0.477 e. The molecule has 0 atom stereocenters. The third-order valence-electron chi connectivity index (χ3n) is 3.35. The molecular weight excluding hydrogens is 384 g/mol. The van der Waals surface area contributed by atoms with E-state index in [1.165, 1.54) is 17.4 Å². The molecular formula is C20H17ClN2O3S. The van der Waals surface area contributed by atoms with E-state index in [1.807, 2.05) is 0 Å². The summed E-state index contributed by atoms with van der Waals surface area (Å²) < 4.78 is 0. The average Bonchev–Trinajstić information content (AvgIpc) is 3.13. The van der Waals surface area contributed by atoms with Gasteiger partial charge in [-0.15, -0.1) is 11.3 Å². The van der Waals surface area contributed by atoms with E-state index < -0.39 is 11.9 Å². The first-order chi connectivity index (χ1) is 13.0. The minimum Gasteiger partial charge on any atom is -0.477 e. The van der Waals surface area contributed by atoms with Crippen LogP contribution in [0.2, 0.25) is 0 Å². The molecule has 0 bridgehead atoms. The Hall–Kier alpha value is -2.96. The van der Waals surface area contributed by atoms with Gasteiger partial charge >= 0.3 is 5.97 Å². The topological polar surface area (TPSA) is 79.3 Å². The smallest absolute Gasteiger partial charge is 0.352 e. The highest BCUT2D eigenvalue weighted by molar-refractivity contribution is 7.11. The Morgan fingerprint density at radius 3 is 2.59 bits per heavy atom. The zero-order valence-electron chi connectivity index (χ0n) is 14.5. The van der Waals surface area contributed by atoms with Gasteiger partial charge in [-0.25, -0.2) is 9.78 Å². The van der Waals surface area contributed by atoms with Crippen molar-refractivity contribution in [3.63, 3.8) is 0 Å². The lowest BCUT2D eigenvalue weighted by Gasteiger charge is -2.05. The number of halogens is 1. The number of nitrogens with zero attached hydrogens (tertiary/aromatic N) is 1. The summed E-state index contributed by atoms with van der Waals surface area (Å²) in [6.45, 7) is 5.46. The maximum Gasteiger partial charge on any atom is 0.352 e. The van der Waals surface area contributed by atoms with Gasteiger partial charge < -0.3 is 10.4 Å². The van der Waals surface area contributed by atoms with Crippen molar-refractivity contribution >= 4 is 46.5 Å². The molecule has 27 heavy (non-hydrogen) atoms. The average molecular weight is 401 g/mol. The van der Waals surface area contributed by atoms with Gasteiger partial charge in [0, 0.05) is 21.5 Å². The molecule has 2 N–H and O–H groups in total. The number of benzene rings is 1. The molecule has 1 amide bonds. The van der Waals surface area contributed by atoms with Gasteiger partial charge in [-0.1, -0.05) is 54.6 Å². The van der Waals surface area contributed by atoms with Crippen molar-refractivity contribution in [2.45, 2.75) is 6.92 Å². The number of aliphatic carboxylic acids is 1. The molecule has 0 spiro atoms. The Balaban J connectivity index is 2.30. The molecule has 1 aromatic carbocycles. The summed E-state index contributed by atoms with van der Waals surface area (Å²) in [5.74, 6) is -1.77. The first-order valence-electron chi connectivity index (χ1n) is 7.88. The van der Waals surface area contributed by atoms with Gasteiger partial charge in [-0.2, -0.15) is 0 Å². The normalized spacial score (nSPS) is 12.6. The van der Waals surface area contributed by atoms with Gasteiger partial charge in [-0.05, 0) is 25.1 Å². The number of aromatic nitrogens is 1. The predicted molar refractivity (Wildman–Crippen MR) is 109 cm³/mol. The molecule has 0 aliphatic heterocycles. The number of allylic oxidation sites excluding steroid dienone is 5. The number of carboxylic acid groups (broad SMARTS) is 1. The number of hydrogen-bond acceptors (Lipinski definition) is 4. The fraction of sp³-hybridized carbons (Fsp3) is 0.0500. The second-order valence-electron chi connectivity index (χ2n) is 5.21. The number of rotatable bonds is 7. The third-order valence-corrected chi connectivity index (χ3v) is 4.67. The van der Waals surface area contributed by atoms with Crippen LogP contribution in [0.3, 0.4) is 0 Å². The van der Waals surface area contributed by atoms with Gasteiger partial charge in [0.25, 0.3) is 5.91 Å². The fourth-order valence-electron chi connectivity index (χ4n) is 2.09. The van der Waals surface area contributed by atoms with Gasteiger partial charge in [0.05, 0.1) is 5.69 Å². The molecule has 2 rings (SSSR count). The summed E-state index contributed by atoms with van der Waals surface area (Å²) in [5.41, 5.74) is 1.17. The monoisotopic (exact) mass is 400 g/mol. The van der Waals surface area contributed by atoms with Crippen molar-refractivity contribution in [1.29, 1.82) is 0 Å². The van der Waals surface area contributed by atoms with E-state index >= 15 is 0 Å². The van der Waals surface area contributed by atoms with Crippen molar-refractivity contribution in [3.8, 4) is 0 Å². The van der Waals surface area contributed by atoms with Crippen molar-refractivity contribution < 1.29 is 14.7 Å². The molecule has 0 saturated carbocycles. The first-order valence-corrected chi connectivity index (χ1v) is 9.14. The highest BCUT2D eigenvalue weighted by atomic mass is 35.5. The molecule has 0 saturated heterocycles. The lowest BCUT2D eigenvalue weighted by molar-refractivity contribution is -0.132. The second-order valence-corrected chi connectivity index (χ2v) is 6.48. The molecule has 0 aliphatic carbocycles. The lowest BCUT2D eigenvalue weighted by Crippen LogP contribution is -2.27. The molecule has 0 fully saturated rings. The highest BCUT2D eigenvalue weighted by Gasteiger charge is 2.15. The summed E-state index contributed by atoms with van der Waals surface area (Å²) in [5, 5.41) is 14.6. The predicted octanol–water partition coefficient (Wildman–Crippen LogP) is 4.71. The maximum atomic E-state index is 12.2. The summed E-state index contributed by atoms with van der Waals surface area (Å²) in [6, 6.07) is 8.36. The Kier molecular flexibility index (Phi) is 7.28. The van der Waals surface area contributed by atoms with Crippen LogP contribution in [0, 0.1) is 0 Å². The minimum absolute atomic E-state index is 0.271. The van der Waals surface area contributed by atoms with Gasteiger partial charge in [0.1, 0.15) is 10.7 Å². The number of amides is 1. The third kappa shape index (κ3) is 5.51. The molecule has 2 aromatic rings. The Bertz CT molecular complexity index is 943. The number of carbonyl (C=O) groups is 2. The van der Waals surface area contributed by atoms with Crippen LogP contribution in [0.4, 0.5) is 0 Å². The standard InChI is InChI=1S/C20H17ClN2O3S/c1-3-8-15(16(21)4-2)19-22-14(12-27-19)11-17(20(25)26)23-18(24)13-9-6-5-7-10-13/h3-12H,1H2,2H3,(H,23,24)(H,25,26)/b15-8+,16-4+,17-11-. The van der Waals surface area contributed by atoms with Crippen LogP contribution in [0.5, 0.6) is 0 Å². The van der Waals surface area contributed by atoms with Crippen LogP contribution in [0.25, 0.3) is 11.6 Å². The van der Waals surface area contributed by atoms with E-state index in [0.717, 1.165) is 0 Å². The van der Waals surface area contributed by atoms with E-state index in [4.69, 9.17) is 11.6 Å². The fourth-order valence-corrected chi connectivity index (χ4v) is 3.11. The van der Waals surface area contributed by atoms with E-state index in [2.05, 4.69) is 16.9 Å². The quantitative estimate of drug-likeness (QED) is 0.521. The van der Waals surface area contributed by atoms with Crippen LogP contribution in [0.15, 0.2) is 71.2 Å². The van der Waals surface area contributed by atoms with Gasteiger partial charge in [-0.3, -0.25) is 4.79 Å². The molecule has 1 aromatic heterocycles. The van der Waals surface area contributed by atoms with Crippen LogP contribution < -0.4 is 5.32 Å². The van der Waals surface area contributed by atoms with Crippen molar-refractivity contribution in [1.82, 2.24) is 10.3 Å². The SMILES string of the molecule is C=C/C=C(\C(Cl)=C/C)c1nc(/C=C(\NC(=O)c2ccccc2)C(=O)O)cs1. The molecule has 0 radical (unpaired) electrons. The molecule has 0 aliphatic rings. The second kappa shape index (κ2) is 9.66. The molecule has 0 unspecified atom stereocenters. The Morgan fingerprint density at radius 2 is 2.00 bits per heavy atom. The van der Waals surface area contributed by atoms with Crippen LogP contribution >= 0.6 is 22.9 Å². The van der Waals surface area contributed by atoms with Crippen LogP contribution in [0.1, 0.15) is 28.0 Å². The molecule has 7 heteroatoms. The number of hydrogen-bond donors (Lipinski definition) is 2. The number of carboxylic acids is 1. The van der Waals surface area contributed by atoms with Crippen molar-refractivity contribution in [2.24, 2.45) is 0 Å². The molecule has 5 nitrogen and oxygen atoms in total. The van der Waals surface area contributed by atoms with E-state index in [-0.39, 0.29) is 5.70 Å². The zero-order chi connectivity index (χ0) is 19.8. The van der Waals surface area contributed by atoms with Crippen molar-refractivity contribution in [2.75, 3.05) is 0 Å². The highest BCUT2D eigenvalue weighted by Crippen LogP contribution is 2.29. The number of nitrogens with one attached hydrogen (secondary N) is 1. The summed E-state index contributed by atoms with van der Waals surface area (Å²) >= 11 is 7.50. The summed E-state index contributed by atoms with van der Waals surface area (Å²) in [4.78, 5) is 28.1. The zero-order valence-corrected chi connectivity index (χ0v) is 16.1. The van der Waals surface area contributed by atoms with Crippen LogP contribution in [-0.2, 0) is 4.79 Å². The molecule has 1 heterocycles. The number of thiazole rings is 1. The lowest BCUT2D eigenvalue weighted by atomic mass is 10.2. The Morgan fingerprint density at radius 1 is 1.30 bits per heavy atom. The maximum absolute atomic E-state index is 12.2. The van der Waals surface area contributed by atoms with E-state index in [9.17, 15) is 14.7 Å². The number of carbonyl (C=O) groups excluding carboxylic acids is 1. The Labute approximate surface area is 166 Å². The molecule has 138 valence electrons. The minimum atomic E-state index is -1.26. The van der Waals surface area contributed by atoms with Crippen molar-refractivity contribution in [3.05, 3.63) is 87.5 Å².